The zero-order valence-corrected chi connectivity index (χ0v) is 12.8. The van der Waals surface area contributed by atoms with E-state index >= 15 is 0 Å². The SMILES string of the molecule is CC(C)c1cc(Br)ccc1Oc1ccc([N+](=O)[O-])cc1. The van der Waals surface area contributed by atoms with Crippen LogP contribution in [0, 0.1) is 10.1 Å². The molecule has 0 bridgehead atoms. The Labute approximate surface area is 125 Å². The summed E-state index contributed by atoms with van der Waals surface area (Å²) in [6.45, 7) is 4.18. The molecule has 0 spiro atoms. The summed E-state index contributed by atoms with van der Waals surface area (Å²) in [4.78, 5) is 10.2. The molecule has 0 saturated heterocycles. The maximum atomic E-state index is 10.6. The van der Waals surface area contributed by atoms with E-state index in [4.69, 9.17) is 4.74 Å². The largest absolute Gasteiger partial charge is 0.457 e. The normalized spacial score (nSPS) is 10.6. The summed E-state index contributed by atoms with van der Waals surface area (Å²) in [5, 5.41) is 10.6. The van der Waals surface area contributed by atoms with Gasteiger partial charge in [0.2, 0.25) is 0 Å². The lowest BCUT2D eigenvalue weighted by Crippen LogP contribution is -1.94. The first kappa shape index (κ1) is 14.5. The highest BCUT2D eigenvalue weighted by molar-refractivity contribution is 9.10. The average molecular weight is 336 g/mol. The first-order chi connectivity index (χ1) is 9.47. The number of nitro groups is 1. The molecule has 0 aliphatic rings. The highest BCUT2D eigenvalue weighted by Crippen LogP contribution is 2.33. The quantitative estimate of drug-likeness (QED) is 0.564. The number of halogens is 1. The number of nitro benzene ring substituents is 1. The van der Waals surface area contributed by atoms with Crippen LogP contribution in [0.2, 0.25) is 0 Å². The maximum Gasteiger partial charge on any atom is 0.269 e. The molecule has 0 heterocycles. The summed E-state index contributed by atoms with van der Waals surface area (Å²) < 4.78 is 6.81. The molecule has 2 rings (SSSR count). The van der Waals surface area contributed by atoms with Crippen molar-refractivity contribution in [1.82, 2.24) is 0 Å². The Morgan fingerprint density at radius 3 is 2.35 bits per heavy atom. The van der Waals surface area contributed by atoms with E-state index in [9.17, 15) is 10.1 Å². The van der Waals surface area contributed by atoms with Crippen LogP contribution in [0.15, 0.2) is 46.9 Å². The Morgan fingerprint density at radius 2 is 1.80 bits per heavy atom. The molecule has 0 aliphatic carbocycles. The lowest BCUT2D eigenvalue weighted by atomic mass is 10.0. The molecule has 0 saturated carbocycles. The molecule has 0 radical (unpaired) electrons. The van der Waals surface area contributed by atoms with E-state index in [2.05, 4.69) is 29.8 Å². The molecule has 5 heteroatoms. The van der Waals surface area contributed by atoms with E-state index in [0.717, 1.165) is 15.8 Å². The van der Waals surface area contributed by atoms with Crippen molar-refractivity contribution in [3.63, 3.8) is 0 Å². The first-order valence-electron chi connectivity index (χ1n) is 6.19. The van der Waals surface area contributed by atoms with Gasteiger partial charge in [-0.2, -0.15) is 0 Å². The summed E-state index contributed by atoms with van der Waals surface area (Å²) >= 11 is 3.44. The minimum Gasteiger partial charge on any atom is -0.457 e. The molecule has 2 aromatic rings. The van der Waals surface area contributed by atoms with Crippen LogP contribution in [0.3, 0.4) is 0 Å². The molecular weight excluding hydrogens is 322 g/mol. The van der Waals surface area contributed by atoms with Crippen LogP contribution in [0.5, 0.6) is 11.5 Å². The summed E-state index contributed by atoms with van der Waals surface area (Å²) in [7, 11) is 0. The predicted molar refractivity (Wildman–Crippen MR) is 81.4 cm³/mol. The lowest BCUT2D eigenvalue weighted by molar-refractivity contribution is -0.384. The van der Waals surface area contributed by atoms with Crippen molar-refractivity contribution in [1.29, 1.82) is 0 Å². The Hall–Kier alpha value is -1.88. The van der Waals surface area contributed by atoms with Gasteiger partial charge in [-0.1, -0.05) is 29.8 Å². The third kappa shape index (κ3) is 3.36. The summed E-state index contributed by atoms with van der Waals surface area (Å²) in [6, 6.07) is 11.9. The molecule has 0 unspecified atom stereocenters. The summed E-state index contributed by atoms with van der Waals surface area (Å²) in [5.74, 6) is 1.66. The molecule has 0 atom stereocenters. The smallest absolute Gasteiger partial charge is 0.269 e. The number of nitrogens with zero attached hydrogens (tertiary/aromatic N) is 1. The zero-order chi connectivity index (χ0) is 14.7. The lowest BCUT2D eigenvalue weighted by Gasteiger charge is -2.14. The molecule has 0 aromatic heterocycles. The number of non-ortho nitro benzene ring substituents is 1. The first-order valence-corrected chi connectivity index (χ1v) is 6.98. The zero-order valence-electron chi connectivity index (χ0n) is 11.2. The molecule has 0 amide bonds. The molecule has 2 aromatic carbocycles. The van der Waals surface area contributed by atoms with Gasteiger partial charge < -0.3 is 4.74 Å². The van der Waals surface area contributed by atoms with Gasteiger partial charge in [-0.15, -0.1) is 0 Å². The minimum atomic E-state index is -0.428. The van der Waals surface area contributed by atoms with Crippen molar-refractivity contribution in [2.24, 2.45) is 0 Å². The van der Waals surface area contributed by atoms with Crippen molar-refractivity contribution >= 4 is 21.6 Å². The molecule has 0 N–H and O–H groups in total. The van der Waals surface area contributed by atoms with Gasteiger partial charge in [-0.3, -0.25) is 10.1 Å². The average Bonchev–Trinajstić information content (AvgIpc) is 2.41. The monoisotopic (exact) mass is 335 g/mol. The van der Waals surface area contributed by atoms with Gasteiger partial charge >= 0.3 is 0 Å². The molecule has 0 aliphatic heterocycles. The second-order valence-electron chi connectivity index (χ2n) is 4.69. The van der Waals surface area contributed by atoms with Gasteiger partial charge in [-0.25, -0.2) is 0 Å². The molecule has 104 valence electrons. The summed E-state index contributed by atoms with van der Waals surface area (Å²) in [5.41, 5.74) is 1.13. The number of hydrogen-bond acceptors (Lipinski definition) is 3. The Balaban J connectivity index is 2.27. The van der Waals surface area contributed by atoms with Crippen LogP contribution in [0.1, 0.15) is 25.3 Å². The second-order valence-corrected chi connectivity index (χ2v) is 5.61. The number of benzene rings is 2. The summed E-state index contributed by atoms with van der Waals surface area (Å²) in [6.07, 6.45) is 0. The number of rotatable bonds is 4. The van der Waals surface area contributed by atoms with E-state index in [1.54, 1.807) is 12.1 Å². The molecule has 4 nitrogen and oxygen atoms in total. The fourth-order valence-corrected chi connectivity index (χ4v) is 2.21. The van der Waals surface area contributed by atoms with Crippen molar-refractivity contribution in [3.8, 4) is 11.5 Å². The number of hydrogen-bond donors (Lipinski definition) is 0. The van der Waals surface area contributed by atoms with E-state index in [1.165, 1.54) is 12.1 Å². The van der Waals surface area contributed by atoms with Crippen molar-refractivity contribution in [2.75, 3.05) is 0 Å². The minimum absolute atomic E-state index is 0.0530. The van der Waals surface area contributed by atoms with Crippen LogP contribution < -0.4 is 4.74 Å². The number of ether oxygens (including phenoxy) is 1. The van der Waals surface area contributed by atoms with Crippen LogP contribution in [0.25, 0.3) is 0 Å². The third-order valence-corrected chi connectivity index (χ3v) is 3.36. The predicted octanol–water partition coefficient (Wildman–Crippen LogP) is 5.27. The fourth-order valence-electron chi connectivity index (χ4n) is 1.83. The highest BCUT2D eigenvalue weighted by atomic mass is 79.9. The Kier molecular flexibility index (Phi) is 4.39. The van der Waals surface area contributed by atoms with E-state index in [1.807, 2.05) is 18.2 Å². The van der Waals surface area contributed by atoms with Crippen molar-refractivity contribution in [2.45, 2.75) is 19.8 Å². The van der Waals surface area contributed by atoms with Crippen LogP contribution in [-0.4, -0.2) is 4.92 Å². The van der Waals surface area contributed by atoms with Gasteiger partial charge in [0.1, 0.15) is 11.5 Å². The van der Waals surface area contributed by atoms with Crippen molar-refractivity contribution in [3.05, 3.63) is 62.6 Å². The van der Waals surface area contributed by atoms with E-state index in [0.29, 0.717) is 11.7 Å². The molecule has 0 fully saturated rings. The van der Waals surface area contributed by atoms with Gasteiger partial charge in [-0.05, 0) is 41.8 Å². The van der Waals surface area contributed by atoms with E-state index in [-0.39, 0.29) is 5.69 Å². The highest BCUT2D eigenvalue weighted by Gasteiger charge is 2.10. The topological polar surface area (TPSA) is 52.4 Å². The molecule has 20 heavy (non-hydrogen) atoms. The maximum absolute atomic E-state index is 10.6. The Bertz CT molecular complexity index is 624. The van der Waals surface area contributed by atoms with Crippen molar-refractivity contribution < 1.29 is 9.66 Å². The van der Waals surface area contributed by atoms with Gasteiger partial charge in [0.15, 0.2) is 0 Å². The van der Waals surface area contributed by atoms with Crippen LogP contribution in [0.4, 0.5) is 5.69 Å². The fraction of sp³-hybridized carbons (Fsp3) is 0.200. The van der Waals surface area contributed by atoms with Crippen LogP contribution >= 0.6 is 15.9 Å². The van der Waals surface area contributed by atoms with Crippen LogP contribution in [-0.2, 0) is 0 Å². The van der Waals surface area contributed by atoms with Gasteiger partial charge in [0.25, 0.3) is 5.69 Å². The Morgan fingerprint density at radius 1 is 1.15 bits per heavy atom. The van der Waals surface area contributed by atoms with E-state index < -0.39 is 4.92 Å². The van der Waals surface area contributed by atoms with Gasteiger partial charge in [0.05, 0.1) is 4.92 Å². The third-order valence-electron chi connectivity index (χ3n) is 2.87. The molecular formula is C15H14BrNO3. The standard InChI is InChI=1S/C15H14BrNO3/c1-10(2)14-9-11(16)3-8-15(14)20-13-6-4-12(5-7-13)17(18)19/h3-10H,1-2H3. The second kappa shape index (κ2) is 6.05. The van der Waals surface area contributed by atoms with Gasteiger partial charge in [0, 0.05) is 16.6 Å².